The van der Waals surface area contributed by atoms with Crippen molar-refractivity contribution in [2.75, 3.05) is 0 Å². The molecular formula is C18H25NO3S. The van der Waals surface area contributed by atoms with Crippen molar-refractivity contribution < 1.29 is 14.6 Å². The van der Waals surface area contributed by atoms with E-state index in [0.717, 1.165) is 12.0 Å². The van der Waals surface area contributed by atoms with E-state index in [1.165, 1.54) is 18.6 Å². The van der Waals surface area contributed by atoms with Gasteiger partial charge in [-0.25, -0.2) is 13.1 Å². The average Bonchev–Trinajstić information content (AvgIpc) is 2.56. The lowest BCUT2D eigenvalue weighted by molar-refractivity contribution is 0.0981. The first kappa shape index (κ1) is 18.9. The molecule has 0 aromatic heterocycles. The number of carbonyl (C=O) groups excluding carboxylic acids is 1. The standard InChI is InChI=1S/C15H15NO3S.C3H8.H2/c1-2-12-8-10-14(11-9-12)20(18,19)16-15(17)13-6-4-3-5-7-13;1-3-2;/h3-11H,2H2,1H3,(H,16,17);3H2,1-2H3;1H. The minimum absolute atomic E-state index is 0. The summed E-state index contributed by atoms with van der Waals surface area (Å²) < 4.78 is 26.2. The number of amides is 1. The number of benzene rings is 2. The number of hydrogen-bond donors (Lipinski definition) is 1. The zero-order chi connectivity index (χ0) is 17.3. The van der Waals surface area contributed by atoms with E-state index in [1.807, 2.05) is 6.92 Å². The molecule has 1 amide bonds. The van der Waals surface area contributed by atoms with Crippen LogP contribution in [0.4, 0.5) is 0 Å². The summed E-state index contributed by atoms with van der Waals surface area (Å²) in [5, 5.41) is 0. The molecule has 2 aromatic rings. The van der Waals surface area contributed by atoms with Crippen LogP contribution in [0.25, 0.3) is 0 Å². The molecule has 0 radical (unpaired) electrons. The fourth-order valence-corrected chi connectivity index (χ4v) is 2.71. The molecule has 1 N–H and O–H groups in total. The van der Waals surface area contributed by atoms with Gasteiger partial charge in [-0.05, 0) is 36.2 Å². The average molecular weight is 335 g/mol. The first-order valence-electron chi connectivity index (χ1n) is 7.65. The Morgan fingerprint density at radius 1 is 0.957 bits per heavy atom. The van der Waals surface area contributed by atoms with E-state index in [2.05, 4.69) is 18.6 Å². The van der Waals surface area contributed by atoms with Crippen LogP contribution in [0.5, 0.6) is 0 Å². The van der Waals surface area contributed by atoms with Crippen molar-refractivity contribution in [1.82, 2.24) is 4.72 Å². The summed E-state index contributed by atoms with van der Waals surface area (Å²) in [5.41, 5.74) is 1.35. The zero-order valence-corrected chi connectivity index (χ0v) is 14.6. The van der Waals surface area contributed by atoms with Crippen LogP contribution in [-0.2, 0) is 16.4 Å². The number of carbonyl (C=O) groups is 1. The van der Waals surface area contributed by atoms with E-state index in [-0.39, 0.29) is 6.32 Å². The summed E-state index contributed by atoms with van der Waals surface area (Å²) in [6, 6.07) is 14.7. The third kappa shape index (κ3) is 5.87. The molecule has 0 bridgehead atoms. The summed E-state index contributed by atoms with van der Waals surface area (Å²) in [6.45, 7) is 6.24. The molecule has 0 aliphatic rings. The molecule has 0 saturated carbocycles. The molecule has 23 heavy (non-hydrogen) atoms. The maximum absolute atomic E-state index is 12.1. The van der Waals surface area contributed by atoms with Gasteiger partial charge >= 0.3 is 0 Å². The molecule has 0 saturated heterocycles. The monoisotopic (exact) mass is 335 g/mol. The fourth-order valence-electron chi connectivity index (χ4n) is 1.73. The lowest BCUT2D eigenvalue weighted by Crippen LogP contribution is -2.30. The third-order valence-electron chi connectivity index (χ3n) is 2.90. The summed E-state index contributed by atoms with van der Waals surface area (Å²) in [4.78, 5) is 11.9. The van der Waals surface area contributed by atoms with Crippen molar-refractivity contribution in [2.24, 2.45) is 0 Å². The molecule has 0 spiro atoms. The minimum Gasteiger partial charge on any atom is -0.268 e. The predicted octanol–water partition coefficient (Wildman–Crippen LogP) is 4.03. The van der Waals surface area contributed by atoms with Crippen molar-refractivity contribution >= 4 is 15.9 Å². The molecule has 0 unspecified atom stereocenters. The Bertz CT molecular complexity index is 714. The lowest BCUT2D eigenvalue weighted by atomic mass is 10.2. The highest BCUT2D eigenvalue weighted by Gasteiger charge is 2.18. The van der Waals surface area contributed by atoms with E-state index in [9.17, 15) is 13.2 Å². The SMILES string of the molecule is CCC.CCc1ccc(S(=O)(=O)NC(=O)c2ccccc2)cc1.[HH]. The van der Waals surface area contributed by atoms with Gasteiger partial charge in [-0.3, -0.25) is 4.79 Å². The molecular weight excluding hydrogens is 310 g/mol. The van der Waals surface area contributed by atoms with Crippen LogP contribution >= 0.6 is 0 Å². The zero-order valence-electron chi connectivity index (χ0n) is 13.7. The molecule has 2 aromatic carbocycles. The van der Waals surface area contributed by atoms with Crippen LogP contribution in [0.2, 0.25) is 0 Å². The van der Waals surface area contributed by atoms with Crippen molar-refractivity contribution in [3.05, 3.63) is 65.7 Å². The van der Waals surface area contributed by atoms with Gasteiger partial charge in [0.2, 0.25) is 0 Å². The van der Waals surface area contributed by atoms with Gasteiger partial charge in [0.1, 0.15) is 0 Å². The van der Waals surface area contributed by atoms with Gasteiger partial charge in [0, 0.05) is 6.99 Å². The van der Waals surface area contributed by atoms with Crippen LogP contribution in [-0.4, -0.2) is 14.3 Å². The molecule has 2 rings (SSSR count). The minimum atomic E-state index is -3.83. The van der Waals surface area contributed by atoms with Crippen LogP contribution in [0.15, 0.2) is 59.5 Å². The summed E-state index contributed by atoms with van der Waals surface area (Å²) >= 11 is 0. The highest BCUT2D eigenvalue weighted by Crippen LogP contribution is 2.11. The summed E-state index contributed by atoms with van der Waals surface area (Å²) in [5.74, 6) is -0.634. The molecule has 0 fully saturated rings. The molecule has 0 aliphatic heterocycles. The highest BCUT2D eigenvalue weighted by atomic mass is 32.2. The molecule has 126 valence electrons. The number of aryl methyl sites for hydroxylation is 1. The van der Waals surface area contributed by atoms with E-state index in [4.69, 9.17) is 0 Å². The quantitative estimate of drug-likeness (QED) is 0.917. The smallest absolute Gasteiger partial charge is 0.264 e. The van der Waals surface area contributed by atoms with Crippen LogP contribution in [0.1, 0.15) is 44.5 Å². The van der Waals surface area contributed by atoms with E-state index in [1.54, 1.807) is 42.5 Å². The molecule has 0 aliphatic carbocycles. The largest absolute Gasteiger partial charge is 0.268 e. The summed E-state index contributed by atoms with van der Waals surface area (Å²) in [6.07, 6.45) is 2.08. The van der Waals surface area contributed by atoms with Gasteiger partial charge in [-0.2, -0.15) is 0 Å². The maximum atomic E-state index is 12.1. The Kier molecular flexibility index (Phi) is 7.48. The van der Waals surface area contributed by atoms with E-state index < -0.39 is 15.9 Å². The van der Waals surface area contributed by atoms with Gasteiger partial charge in [0.25, 0.3) is 15.9 Å². The number of nitrogens with one attached hydrogen (secondary N) is 1. The van der Waals surface area contributed by atoms with E-state index >= 15 is 0 Å². The second kappa shape index (κ2) is 9.10. The first-order chi connectivity index (χ1) is 10.9. The van der Waals surface area contributed by atoms with Crippen molar-refractivity contribution in [3.8, 4) is 0 Å². The third-order valence-corrected chi connectivity index (χ3v) is 4.25. The molecule has 5 heteroatoms. The van der Waals surface area contributed by atoms with Crippen LogP contribution in [0.3, 0.4) is 0 Å². The first-order valence-corrected chi connectivity index (χ1v) is 9.14. The number of rotatable bonds is 4. The number of sulfonamides is 1. The normalized spacial score (nSPS) is 10.4. The van der Waals surface area contributed by atoms with Crippen molar-refractivity contribution in [1.29, 1.82) is 0 Å². The van der Waals surface area contributed by atoms with Crippen LogP contribution < -0.4 is 4.72 Å². The second-order valence-electron chi connectivity index (χ2n) is 5.01. The Hall–Kier alpha value is -2.14. The van der Waals surface area contributed by atoms with Gasteiger partial charge in [-0.1, -0.05) is 57.5 Å². The number of hydrogen-bond acceptors (Lipinski definition) is 3. The Labute approximate surface area is 140 Å². The van der Waals surface area contributed by atoms with Crippen LogP contribution in [0, 0.1) is 0 Å². The van der Waals surface area contributed by atoms with Crippen molar-refractivity contribution in [2.45, 2.75) is 38.5 Å². The lowest BCUT2D eigenvalue weighted by Gasteiger charge is -2.07. The second-order valence-corrected chi connectivity index (χ2v) is 6.69. The molecule has 0 atom stereocenters. The molecule has 4 nitrogen and oxygen atoms in total. The Morgan fingerprint density at radius 2 is 1.48 bits per heavy atom. The Balaban J connectivity index is 0.00000123. The molecule has 0 heterocycles. The van der Waals surface area contributed by atoms with Gasteiger partial charge in [0.15, 0.2) is 0 Å². The van der Waals surface area contributed by atoms with Gasteiger partial charge in [0.05, 0.1) is 4.90 Å². The Morgan fingerprint density at radius 3 is 1.96 bits per heavy atom. The van der Waals surface area contributed by atoms with Crippen molar-refractivity contribution in [3.63, 3.8) is 0 Å². The topological polar surface area (TPSA) is 63.2 Å². The highest BCUT2D eigenvalue weighted by molar-refractivity contribution is 7.90. The van der Waals surface area contributed by atoms with Gasteiger partial charge in [-0.15, -0.1) is 0 Å². The van der Waals surface area contributed by atoms with Gasteiger partial charge < -0.3 is 0 Å². The maximum Gasteiger partial charge on any atom is 0.264 e. The van der Waals surface area contributed by atoms with E-state index in [0.29, 0.717) is 5.56 Å². The fraction of sp³-hybridized carbons (Fsp3) is 0.278. The predicted molar refractivity (Wildman–Crippen MR) is 95.0 cm³/mol. The summed E-state index contributed by atoms with van der Waals surface area (Å²) in [7, 11) is -3.83.